The summed E-state index contributed by atoms with van der Waals surface area (Å²) < 4.78 is 10.6. The molecule has 6 heteroatoms. The first-order valence-electron chi connectivity index (χ1n) is 9.60. The smallest absolute Gasteiger partial charge is 0.278 e. The zero-order valence-electron chi connectivity index (χ0n) is 17.1. The Balaban J connectivity index is 1.77. The molecule has 0 bridgehead atoms. The number of furan rings is 1. The Morgan fingerprint density at radius 3 is 2.40 bits per heavy atom. The van der Waals surface area contributed by atoms with E-state index in [2.05, 4.69) is 5.32 Å². The molecular formula is C24H22N2O4. The third-order valence-corrected chi connectivity index (χ3v) is 5.31. The minimum absolute atomic E-state index is 0.0717. The van der Waals surface area contributed by atoms with E-state index in [1.54, 1.807) is 43.5 Å². The summed E-state index contributed by atoms with van der Waals surface area (Å²) in [5.41, 5.74) is 4.13. The van der Waals surface area contributed by atoms with Crippen molar-refractivity contribution in [2.45, 2.75) is 20.4 Å². The number of anilines is 1. The van der Waals surface area contributed by atoms with Crippen LogP contribution in [-0.4, -0.2) is 23.8 Å². The van der Waals surface area contributed by atoms with Crippen molar-refractivity contribution in [1.29, 1.82) is 0 Å². The van der Waals surface area contributed by atoms with E-state index < -0.39 is 0 Å². The lowest BCUT2D eigenvalue weighted by Crippen LogP contribution is -2.31. The first-order chi connectivity index (χ1) is 14.5. The van der Waals surface area contributed by atoms with Gasteiger partial charge in [-0.3, -0.25) is 14.5 Å². The fourth-order valence-electron chi connectivity index (χ4n) is 3.44. The predicted molar refractivity (Wildman–Crippen MR) is 114 cm³/mol. The summed E-state index contributed by atoms with van der Waals surface area (Å²) in [7, 11) is 1.58. The molecule has 1 aromatic heterocycles. The molecule has 30 heavy (non-hydrogen) atoms. The summed E-state index contributed by atoms with van der Waals surface area (Å²) in [5.74, 6) is 0.462. The zero-order valence-corrected chi connectivity index (χ0v) is 17.1. The molecule has 2 heterocycles. The Labute approximate surface area is 174 Å². The third kappa shape index (κ3) is 3.48. The summed E-state index contributed by atoms with van der Waals surface area (Å²) in [5, 5.41) is 3.22. The number of ether oxygens (including phenoxy) is 1. The predicted octanol–water partition coefficient (Wildman–Crippen LogP) is 4.30. The SMILES string of the molecule is COc1ccc(C2=C(Nc3cccc(C)c3C)C(=O)N(Cc3ccco3)C2=O)cc1. The Bertz CT molecular complexity index is 1130. The average Bonchev–Trinajstić information content (AvgIpc) is 3.34. The first kappa shape index (κ1) is 19.5. The number of nitrogens with one attached hydrogen (secondary N) is 1. The third-order valence-electron chi connectivity index (χ3n) is 5.31. The van der Waals surface area contributed by atoms with Gasteiger partial charge in [-0.15, -0.1) is 0 Å². The highest BCUT2D eigenvalue weighted by molar-refractivity contribution is 6.36. The Hall–Kier alpha value is -3.80. The van der Waals surface area contributed by atoms with Crippen LogP contribution in [-0.2, 0) is 16.1 Å². The molecule has 1 N–H and O–H groups in total. The molecule has 0 unspecified atom stereocenters. The molecule has 6 nitrogen and oxygen atoms in total. The number of amides is 2. The number of hydrogen-bond donors (Lipinski definition) is 1. The number of rotatable bonds is 6. The van der Waals surface area contributed by atoms with Gasteiger partial charge in [0.05, 0.1) is 25.5 Å². The lowest BCUT2D eigenvalue weighted by atomic mass is 10.0. The van der Waals surface area contributed by atoms with Crippen LogP contribution in [0.4, 0.5) is 5.69 Å². The van der Waals surface area contributed by atoms with Crippen LogP contribution in [0.25, 0.3) is 5.57 Å². The van der Waals surface area contributed by atoms with E-state index in [9.17, 15) is 9.59 Å². The molecule has 0 saturated heterocycles. The van der Waals surface area contributed by atoms with Crippen molar-refractivity contribution in [3.63, 3.8) is 0 Å². The Morgan fingerprint density at radius 2 is 1.73 bits per heavy atom. The lowest BCUT2D eigenvalue weighted by Gasteiger charge is -2.15. The number of hydrogen-bond acceptors (Lipinski definition) is 5. The van der Waals surface area contributed by atoms with E-state index in [0.717, 1.165) is 16.8 Å². The van der Waals surface area contributed by atoms with Gasteiger partial charge in [-0.2, -0.15) is 0 Å². The molecule has 0 saturated carbocycles. The molecule has 0 radical (unpaired) electrons. The summed E-state index contributed by atoms with van der Waals surface area (Å²) >= 11 is 0. The number of benzene rings is 2. The van der Waals surface area contributed by atoms with Crippen molar-refractivity contribution < 1.29 is 18.7 Å². The highest BCUT2D eigenvalue weighted by atomic mass is 16.5. The molecule has 3 aromatic rings. The lowest BCUT2D eigenvalue weighted by molar-refractivity contribution is -0.137. The van der Waals surface area contributed by atoms with Gasteiger partial charge < -0.3 is 14.5 Å². The number of carbonyl (C=O) groups is 2. The second-order valence-corrected chi connectivity index (χ2v) is 7.13. The van der Waals surface area contributed by atoms with Gasteiger partial charge in [0.25, 0.3) is 11.8 Å². The second kappa shape index (κ2) is 7.91. The topological polar surface area (TPSA) is 71.8 Å². The second-order valence-electron chi connectivity index (χ2n) is 7.13. The maximum Gasteiger partial charge on any atom is 0.278 e. The monoisotopic (exact) mass is 402 g/mol. The summed E-state index contributed by atoms with van der Waals surface area (Å²) in [6, 6.07) is 16.4. The molecule has 1 aliphatic heterocycles. The molecule has 0 spiro atoms. The zero-order chi connectivity index (χ0) is 21.3. The van der Waals surface area contributed by atoms with E-state index in [-0.39, 0.29) is 24.1 Å². The molecule has 1 aliphatic rings. The fourth-order valence-corrected chi connectivity index (χ4v) is 3.44. The van der Waals surface area contributed by atoms with Gasteiger partial charge in [0.1, 0.15) is 17.2 Å². The highest BCUT2D eigenvalue weighted by Crippen LogP contribution is 2.33. The largest absolute Gasteiger partial charge is 0.497 e. The van der Waals surface area contributed by atoms with E-state index in [1.165, 1.54) is 11.2 Å². The average molecular weight is 402 g/mol. The van der Waals surface area contributed by atoms with Crippen LogP contribution in [0.3, 0.4) is 0 Å². The standard InChI is InChI=1S/C24H22N2O4/c1-15-6-4-8-20(16(15)2)25-22-21(17-9-11-18(29-3)12-10-17)23(27)26(24(22)28)14-19-7-5-13-30-19/h4-13,25H,14H2,1-3H3. The van der Waals surface area contributed by atoms with Gasteiger partial charge in [0, 0.05) is 5.69 Å². The molecule has 0 aliphatic carbocycles. The van der Waals surface area contributed by atoms with Crippen LogP contribution < -0.4 is 10.1 Å². The van der Waals surface area contributed by atoms with Crippen LogP contribution >= 0.6 is 0 Å². The van der Waals surface area contributed by atoms with Crippen molar-refractivity contribution in [3.05, 3.63) is 89.0 Å². The van der Waals surface area contributed by atoms with Crippen molar-refractivity contribution in [3.8, 4) is 5.75 Å². The molecule has 0 atom stereocenters. The van der Waals surface area contributed by atoms with E-state index in [4.69, 9.17) is 9.15 Å². The van der Waals surface area contributed by atoms with E-state index >= 15 is 0 Å². The van der Waals surface area contributed by atoms with Crippen molar-refractivity contribution in [1.82, 2.24) is 4.90 Å². The van der Waals surface area contributed by atoms with Gasteiger partial charge in [0.2, 0.25) is 0 Å². The van der Waals surface area contributed by atoms with Gasteiger partial charge >= 0.3 is 0 Å². The summed E-state index contributed by atoms with van der Waals surface area (Å²) in [4.78, 5) is 27.8. The normalized spacial score (nSPS) is 13.9. The van der Waals surface area contributed by atoms with Gasteiger partial charge in [0.15, 0.2) is 0 Å². The van der Waals surface area contributed by atoms with Gasteiger partial charge in [-0.05, 0) is 60.9 Å². The molecule has 2 amide bonds. The van der Waals surface area contributed by atoms with Crippen LogP contribution in [0.5, 0.6) is 5.75 Å². The molecule has 152 valence electrons. The minimum Gasteiger partial charge on any atom is -0.497 e. The summed E-state index contributed by atoms with van der Waals surface area (Å²) in [6.45, 7) is 4.06. The first-order valence-corrected chi connectivity index (χ1v) is 9.60. The number of nitrogens with zero attached hydrogens (tertiary/aromatic N) is 1. The molecule has 4 rings (SSSR count). The van der Waals surface area contributed by atoms with Crippen LogP contribution in [0.1, 0.15) is 22.5 Å². The van der Waals surface area contributed by atoms with Gasteiger partial charge in [-0.25, -0.2) is 0 Å². The minimum atomic E-state index is -0.386. The molecule has 2 aromatic carbocycles. The number of methoxy groups -OCH3 is 1. The highest BCUT2D eigenvalue weighted by Gasteiger charge is 2.39. The summed E-state index contributed by atoms with van der Waals surface area (Å²) in [6.07, 6.45) is 1.52. The van der Waals surface area contributed by atoms with Gasteiger partial charge in [-0.1, -0.05) is 24.3 Å². The van der Waals surface area contributed by atoms with Crippen LogP contribution in [0.15, 0.2) is 71.0 Å². The molecule has 0 fully saturated rings. The van der Waals surface area contributed by atoms with E-state index in [0.29, 0.717) is 22.6 Å². The fraction of sp³-hybridized carbons (Fsp3) is 0.167. The maximum absolute atomic E-state index is 13.3. The van der Waals surface area contributed by atoms with E-state index in [1.807, 2.05) is 32.0 Å². The van der Waals surface area contributed by atoms with Crippen LogP contribution in [0, 0.1) is 13.8 Å². The quantitative estimate of drug-likeness (QED) is 0.623. The van der Waals surface area contributed by atoms with Crippen LogP contribution in [0.2, 0.25) is 0 Å². The Kier molecular flexibility index (Phi) is 5.14. The van der Waals surface area contributed by atoms with Crippen molar-refractivity contribution in [2.24, 2.45) is 0 Å². The number of imide groups is 1. The van der Waals surface area contributed by atoms with Crippen molar-refractivity contribution in [2.75, 3.05) is 12.4 Å². The maximum atomic E-state index is 13.3. The molecular weight excluding hydrogens is 380 g/mol. The number of aryl methyl sites for hydroxylation is 1. The Morgan fingerprint density at radius 1 is 0.967 bits per heavy atom. The number of carbonyl (C=O) groups excluding carboxylic acids is 2. The van der Waals surface area contributed by atoms with Crippen molar-refractivity contribution >= 4 is 23.1 Å².